The number of piperazine rings is 1. The van der Waals surface area contributed by atoms with Crippen molar-refractivity contribution in [3.8, 4) is 11.8 Å². The summed E-state index contributed by atoms with van der Waals surface area (Å²) in [4.78, 5) is 5.02. The summed E-state index contributed by atoms with van der Waals surface area (Å²) in [5.74, 6) is 5.60. The first-order valence-electron chi connectivity index (χ1n) is 6.76. The molecule has 3 N–H and O–H groups in total. The van der Waals surface area contributed by atoms with Gasteiger partial charge in [0, 0.05) is 31.7 Å². The number of nitrogens with zero attached hydrogens (tertiary/aromatic N) is 2. The molecule has 1 saturated heterocycles. The first kappa shape index (κ1) is 15.9. The van der Waals surface area contributed by atoms with Crippen LogP contribution in [0.1, 0.15) is 5.56 Å². The second kappa shape index (κ2) is 7.02. The summed E-state index contributed by atoms with van der Waals surface area (Å²) in [6.45, 7) is 3.32. The molecule has 114 valence electrons. The van der Waals surface area contributed by atoms with Gasteiger partial charge in [-0.15, -0.1) is 4.83 Å². The summed E-state index contributed by atoms with van der Waals surface area (Å²) in [5, 5.41) is 1.73. The standard InChI is InChI=1S/C14H20N4O2S/c1-17-9-11-18(12-10-17)16-21(19,20)14-6-4-13(5-7-14)3-2-8-15/h4-7,16H,8-12,15H2,1H3. The van der Waals surface area contributed by atoms with Crippen LogP contribution in [0.4, 0.5) is 0 Å². The van der Waals surface area contributed by atoms with Gasteiger partial charge in [0.2, 0.25) is 0 Å². The number of hydrogen-bond acceptors (Lipinski definition) is 5. The van der Waals surface area contributed by atoms with Crippen molar-refractivity contribution in [2.45, 2.75) is 4.90 Å². The van der Waals surface area contributed by atoms with Crippen molar-refractivity contribution < 1.29 is 8.42 Å². The van der Waals surface area contributed by atoms with Crippen LogP contribution >= 0.6 is 0 Å². The Morgan fingerprint density at radius 1 is 1.19 bits per heavy atom. The molecule has 0 bridgehead atoms. The second-order valence-corrected chi connectivity index (χ2v) is 6.58. The molecule has 0 atom stereocenters. The Labute approximate surface area is 125 Å². The number of benzene rings is 1. The molecule has 1 aromatic carbocycles. The van der Waals surface area contributed by atoms with E-state index in [2.05, 4.69) is 21.6 Å². The minimum Gasteiger partial charge on any atom is -0.320 e. The van der Waals surface area contributed by atoms with Crippen molar-refractivity contribution in [1.29, 1.82) is 0 Å². The zero-order valence-corrected chi connectivity index (χ0v) is 12.9. The molecule has 1 heterocycles. The number of hydrogen-bond donors (Lipinski definition) is 2. The third kappa shape index (κ3) is 4.52. The van der Waals surface area contributed by atoms with E-state index in [-0.39, 0.29) is 11.4 Å². The van der Waals surface area contributed by atoms with Crippen molar-refractivity contribution in [2.75, 3.05) is 39.8 Å². The molecule has 0 amide bonds. The minimum atomic E-state index is -3.53. The maximum Gasteiger partial charge on any atom is 0.253 e. The van der Waals surface area contributed by atoms with Crippen molar-refractivity contribution in [3.05, 3.63) is 29.8 Å². The fourth-order valence-electron chi connectivity index (χ4n) is 1.99. The van der Waals surface area contributed by atoms with Gasteiger partial charge in [0.15, 0.2) is 0 Å². The molecule has 1 aliphatic heterocycles. The molecule has 21 heavy (non-hydrogen) atoms. The van der Waals surface area contributed by atoms with Gasteiger partial charge in [-0.1, -0.05) is 11.8 Å². The van der Waals surface area contributed by atoms with E-state index in [4.69, 9.17) is 5.73 Å². The number of likely N-dealkylation sites (N-methyl/N-ethyl adjacent to an activating group) is 1. The van der Waals surface area contributed by atoms with Gasteiger partial charge in [-0.25, -0.2) is 13.4 Å². The van der Waals surface area contributed by atoms with E-state index in [0.29, 0.717) is 13.1 Å². The molecule has 6 nitrogen and oxygen atoms in total. The predicted molar refractivity (Wildman–Crippen MR) is 81.8 cm³/mol. The molecule has 0 radical (unpaired) electrons. The van der Waals surface area contributed by atoms with Gasteiger partial charge in [0.05, 0.1) is 11.4 Å². The van der Waals surface area contributed by atoms with Crippen LogP contribution in [-0.4, -0.2) is 58.1 Å². The summed E-state index contributed by atoms with van der Waals surface area (Å²) in [7, 11) is -1.51. The van der Waals surface area contributed by atoms with E-state index in [0.717, 1.165) is 18.7 Å². The largest absolute Gasteiger partial charge is 0.320 e. The zero-order valence-electron chi connectivity index (χ0n) is 12.0. The fourth-order valence-corrected chi connectivity index (χ4v) is 3.11. The molecule has 1 aromatic rings. The van der Waals surface area contributed by atoms with Gasteiger partial charge in [-0.2, -0.15) is 0 Å². The SMILES string of the molecule is CN1CCN(NS(=O)(=O)c2ccc(C#CCN)cc2)CC1. The summed E-state index contributed by atoms with van der Waals surface area (Å²) < 4.78 is 24.6. The average molecular weight is 308 g/mol. The molecule has 1 fully saturated rings. The quantitative estimate of drug-likeness (QED) is 0.732. The molecule has 2 rings (SSSR count). The van der Waals surface area contributed by atoms with Gasteiger partial charge in [-0.3, -0.25) is 0 Å². The summed E-state index contributed by atoms with van der Waals surface area (Å²) in [6.07, 6.45) is 0. The highest BCUT2D eigenvalue weighted by Crippen LogP contribution is 2.11. The Bertz CT molecular complexity index is 623. The van der Waals surface area contributed by atoms with Crippen molar-refractivity contribution in [1.82, 2.24) is 14.7 Å². The minimum absolute atomic E-state index is 0.236. The molecule has 0 unspecified atom stereocenters. The monoisotopic (exact) mass is 308 g/mol. The molecule has 0 spiro atoms. The summed E-state index contributed by atoms with van der Waals surface area (Å²) in [5.41, 5.74) is 6.05. The highest BCUT2D eigenvalue weighted by Gasteiger charge is 2.21. The first-order chi connectivity index (χ1) is 10.0. The third-order valence-corrected chi connectivity index (χ3v) is 4.64. The number of nitrogens with one attached hydrogen (secondary N) is 1. The van der Waals surface area contributed by atoms with Crippen LogP contribution < -0.4 is 10.6 Å². The van der Waals surface area contributed by atoms with Gasteiger partial charge < -0.3 is 10.6 Å². The van der Waals surface area contributed by atoms with Gasteiger partial charge in [0.1, 0.15) is 0 Å². The lowest BCUT2D eigenvalue weighted by Crippen LogP contribution is -2.52. The smallest absolute Gasteiger partial charge is 0.253 e. The summed E-state index contributed by atoms with van der Waals surface area (Å²) >= 11 is 0. The normalized spacial score (nSPS) is 17.2. The van der Waals surface area contributed by atoms with Crippen LogP contribution in [0.5, 0.6) is 0 Å². The highest BCUT2D eigenvalue weighted by molar-refractivity contribution is 7.89. The number of nitrogens with two attached hydrogens (primary N) is 1. The van der Waals surface area contributed by atoms with E-state index < -0.39 is 10.0 Å². The molecule has 7 heteroatoms. The number of rotatable bonds is 3. The van der Waals surface area contributed by atoms with E-state index >= 15 is 0 Å². The van der Waals surface area contributed by atoms with Crippen molar-refractivity contribution in [2.24, 2.45) is 5.73 Å². The Morgan fingerprint density at radius 3 is 2.38 bits per heavy atom. The van der Waals surface area contributed by atoms with Crippen LogP contribution in [0.3, 0.4) is 0 Å². The van der Waals surface area contributed by atoms with Crippen LogP contribution in [0.25, 0.3) is 0 Å². The fraction of sp³-hybridized carbons (Fsp3) is 0.429. The van der Waals surface area contributed by atoms with E-state index in [1.807, 2.05) is 7.05 Å². The zero-order chi connectivity index (χ0) is 15.3. The molecule has 0 aromatic heterocycles. The Morgan fingerprint density at radius 2 is 1.81 bits per heavy atom. The predicted octanol–water partition coefficient (Wildman–Crippen LogP) is -0.562. The number of hydrazine groups is 1. The highest BCUT2D eigenvalue weighted by atomic mass is 32.2. The average Bonchev–Trinajstić information content (AvgIpc) is 2.48. The maximum atomic E-state index is 12.3. The Balaban J connectivity index is 2.05. The molecule has 0 saturated carbocycles. The van der Waals surface area contributed by atoms with Crippen LogP contribution in [0, 0.1) is 11.8 Å². The van der Waals surface area contributed by atoms with Crippen LogP contribution in [0.15, 0.2) is 29.2 Å². The Kier molecular flexibility index (Phi) is 5.33. The van der Waals surface area contributed by atoms with E-state index in [1.54, 1.807) is 29.3 Å². The number of sulfonamides is 1. The van der Waals surface area contributed by atoms with Crippen molar-refractivity contribution >= 4 is 10.0 Å². The molecular weight excluding hydrogens is 288 g/mol. The van der Waals surface area contributed by atoms with Gasteiger partial charge >= 0.3 is 0 Å². The second-order valence-electron chi connectivity index (χ2n) is 4.92. The molecular formula is C14H20N4O2S. The van der Waals surface area contributed by atoms with E-state index in [1.165, 1.54) is 0 Å². The van der Waals surface area contributed by atoms with E-state index in [9.17, 15) is 8.42 Å². The molecule has 1 aliphatic rings. The topological polar surface area (TPSA) is 78.7 Å². The lowest BCUT2D eigenvalue weighted by molar-refractivity contribution is 0.135. The third-order valence-electron chi connectivity index (χ3n) is 3.25. The molecule has 0 aliphatic carbocycles. The lowest BCUT2D eigenvalue weighted by atomic mass is 10.2. The van der Waals surface area contributed by atoms with Gasteiger partial charge in [0.25, 0.3) is 10.0 Å². The summed E-state index contributed by atoms with van der Waals surface area (Å²) in [6, 6.07) is 6.47. The maximum absolute atomic E-state index is 12.3. The van der Waals surface area contributed by atoms with Crippen LogP contribution in [-0.2, 0) is 10.0 Å². The first-order valence-corrected chi connectivity index (χ1v) is 8.24. The lowest BCUT2D eigenvalue weighted by Gasteiger charge is -2.32. The van der Waals surface area contributed by atoms with Crippen LogP contribution in [0.2, 0.25) is 0 Å². The van der Waals surface area contributed by atoms with Crippen molar-refractivity contribution in [3.63, 3.8) is 0 Å². The Hall–Kier alpha value is -1.43. The van der Waals surface area contributed by atoms with Gasteiger partial charge in [-0.05, 0) is 31.3 Å².